The fourth-order valence-corrected chi connectivity index (χ4v) is 1.70. The van der Waals surface area contributed by atoms with Gasteiger partial charge < -0.3 is 21.1 Å². The van der Waals surface area contributed by atoms with Crippen LogP contribution in [0.4, 0.5) is 0 Å². The van der Waals surface area contributed by atoms with E-state index >= 15 is 0 Å². The van der Waals surface area contributed by atoms with Gasteiger partial charge in [-0.1, -0.05) is 11.6 Å². The van der Waals surface area contributed by atoms with E-state index in [-0.39, 0.29) is 29.1 Å². The Labute approximate surface area is 103 Å². The Kier molecular flexibility index (Phi) is 4.89. The highest BCUT2D eigenvalue weighted by Gasteiger charge is 2.19. The van der Waals surface area contributed by atoms with Crippen LogP contribution in [0.5, 0.6) is 0 Å². The van der Waals surface area contributed by atoms with Crippen LogP contribution in [0.3, 0.4) is 0 Å². The van der Waals surface area contributed by atoms with Crippen molar-refractivity contribution in [1.29, 1.82) is 0 Å². The van der Waals surface area contributed by atoms with E-state index in [0.29, 0.717) is 0 Å². The first-order chi connectivity index (χ1) is 7.95. The lowest BCUT2D eigenvalue weighted by atomic mass is 10.00. The summed E-state index contributed by atoms with van der Waals surface area (Å²) in [6.07, 6.45) is -2.02. The van der Waals surface area contributed by atoms with Crippen molar-refractivity contribution in [3.05, 3.63) is 34.3 Å². The van der Waals surface area contributed by atoms with Crippen LogP contribution in [0.15, 0.2) is 18.2 Å². The van der Waals surface area contributed by atoms with Crippen LogP contribution in [0.1, 0.15) is 28.4 Å². The van der Waals surface area contributed by atoms with Gasteiger partial charge in [-0.25, -0.2) is 4.79 Å². The summed E-state index contributed by atoms with van der Waals surface area (Å²) >= 11 is 5.74. The third-order valence-corrected chi connectivity index (χ3v) is 2.55. The first kappa shape index (κ1) is 13.9. The molecule has 94 valence electrons. The Hall–Kier alpha value is -1.14. The van der Waals surface area contributed by atoms with E-state index in [1.807, 2.05) is 0 Å². The van der Waals surface area contributed by atoms with Crippen LogP contribution in [-0.4, -0.2) is 33.9 Å². The predicted molar refractivity (Wildman–Crippen MR) is 63.0 cm³/mol. The largest absolute Gasteiger partial charge is 0.478 e. The zero-order chi connectivity index (χ0) is 13.0. The number of nitrogens with two attached hydrogens (primary N) is 1. The second-order valence-electron chi connectivity index (χ2n) is 3.67. The number of rotatable bonds is 5. The number of benzene rings is 1. The molecule has 0 spiro atoms. The second kappa shape index (κ2) is 5.97. The molecule has 1 aromatic carbocycles. The summed E-state index contributed by atoms with van der Waals surface area (Å²) in [6.45, 7) is 0.227. The van der Waals surface area contributed by atoms with Crippen LogP contribution in [0.25, 0.3) is 0 Å². The second-order valence-corrected chi connectivity index (χ2v) is 4.10. The maximum absolute atomic E-state index is 10.8. The summed E-state index contributed by atoms with van der Waals surface area (Å²) in [5.74, 6) is -1.14. The Balaban J connectivity index is 3.01. The summed E-state index contributed by atoms with van der Waals surface area (Å²) < 4.78 is 0. The molecule has 0 bridgehead atoms. The van der Waals surface area contributed by atoms with Crippen LogP contribution < -0.4 is 5.73 Å². The van der Waals surface area contributed by atoms with Gasteiger partial charge in [0.15, 0.2) is 0 Å². The fourth-order valence-electron chi connectivity index (χ4n) is 1.46. The Bertz CT molecular complexity index is 410. The number of hydrogen-bond acceptors (Lipinski definition) is 4. The lowest BCUT2D eigenvalue weighted by molar-refractivity contribution is 0.0149. The molecule has 1 aromatic rings. The minimum absolute atomic E-state index is 0.0356. The molecule has 0 radical (unpaired) electrons. The molecule has 0 amide bonds. The van der Waals surface area contributed by atoms with Gasteiger partial charge in [-0.2, -0.15) is 0 Å². The normalized spacial score (nSPS) is 14.4. The molecule has 0 fully saturated rings. The first-order valence-corrected chi connectivity index (χ1v) is 5.43. The van der Waals surface area contributed by atoms with Crippen molar-refractivity contribution in [3.8, 4) is 0 Å². The molecule has 5 N–H and O–H groups in total. The number of carbonyl (C=O) groups is 1. The van der Waals surface area contributed by atoms with Crippen molar-refractivity contribution < 1.29 is 20.1 Å². The molecule has 0 aliphatic heterocycles. The molecular weight excluding hydrogens is 246 g/mol. The van der Waals surface area contributed by atoms with Gasteiger partial charge in [0, 0.05) is 5.02 Å². The molecule has 5 nitrogen and oxygen atoms in total. The monoisotopic (exact) mass is 259 g/mol. The van der Waals surface area contributed by atoms with E-state index in [0.717, 1.165) is 0 Å². The van der Waals surface area contributed by atoms with Gasteiger partial charge in [0.05, 0.1) is 11.7 Å². The van der Waals surface area contributed by atoms with Crippen molar-refractivity contribution in [1.82, 2.24) is 0 Å². The SMILES string of the molecule is NCCC(O)C(O)c1cc(Cl)cc(C(=O)O)c1. The topological polar surface area (TPSA) is 104 Å². The maximum Gasteiger partial charge on any atom is 0.335 e. The van der Waals surface area contributed by atoms with Gasteiger partial charge in [-0.05, 0) is 36.7 Å². The van der Waals surface area contributed by atoms with Crippen LogP contribution in [-0.2, 0) is 0 Å². The number of carboxylic acid groups (broad SMARTS) is 1. The van der Waals surface area contributed by atoms with Crippen molar-refractivity contribution in [2.75, 3.05) is 6.54 Å². The predicted octanol–water partition coefficient (Wildman–Crippen LogP) is 0.781. The van der Waals surface area contributed by atoms with Crippen LogP contribution >= 0.6 is 11.6 Å². The summed E-state index contributed by atoms with van der Waals surface area (Å²) in [5, 5.41) is 28.4. The van der Waals surface area contributed by atoms with E-state index in [1.165, 1.54) is 18.2 Å². The molecule has 1 rings (SSSR count). The van der Waals surface area contributed by atoms with Gasteiger partial charge in [0.2, 0.25) is 0 Å². The number of aromatic carboxylic acids is 1. The van der Waals surface area contributed by atoms with E-state index in [4.69, 9.17) is 22.4 Å². The molecule has 2 unspecified atom stereocenters. The average Bonchev–Trinajstić information content (AvgIpc) is 2.27. The van der Waals surface area contributed by atoms with Crippen molar-refractivity contribution in [2.24, 2.45) is 5.73 Å². The molecule has 2 atom stereocenters. The highest BCUT2D eigenvalue weighted by atomic mass is 35.5. The van der Waals surface area contributed by atoms with Crippen LogP contribution in [0, 0.1) is 0 Å². The summed E-state index contributed by atoms with van der Waals surface area (Å²) in [4.78, 5) is 10.8. The van der Waals surface area contributed by atoms with Crippen molar-refractivity contribution in [2.45, 2.75) is 18.6 Å². The zero-order valence-electron chi connectivity index (χ0n) is 9.01. The molecule has 17 heavy (non-hydrogen) atoms. The highest BCUT2D eigenvalue weighted by molar-refractivity contribution is 6.31. The quantitative estimate of drug-likeness (QED) is 0.626. The lowest BCUT2D eigenvalue weighted by Crippen LogP contribution is -2.22. The number of hydrogen-bond donors (Lipinski definition) is 4. The molecule has 0 aliphatic rings. The molecule has 0 aromatic heterocycles. The average molecular weight is 260 g/mol. The maximum atomic E-state index is 10.8. The van der Waals surface area contributed by atoms with Crippen molar-refractivity contribution >= 4 is 17.6 Å². The summed E-state index contributed by atoms with van der Waals surface area (Å²) in [5.41, 5.74) is 5.49. The summed E-state index contributed by atoms with van der Waals surface area (Å²) in [7, 11) is 0. The first-order valence-electron chi connectivity index (χ1n) is 5.05. The Morgan fingerprint density at radius 3 is 2.53 bits per heavy atom. The Morgan fingerprint density at radius 1 is 1.35 bits per heavy atom. The standard InChI is InChI=1S/C11H14ClNO4/c12-8-4-6(3-7(5-8)11(16)17)10(15)9(14)1-2-13/h3-5,9-10,14-15H,1-2,13H2,(H,16,17). The number of aliphatic hydroxyl groups excluding tert-OH is 2. The van der Waals surface area contributed by atoms with Gasteiger partial charge in [0.25, 0.3) is 0 Å². The van der Waals surface area contributed by atoms with E-state index < -0.39 is 18.2 Å². The van der Waals surface area contributed by atoms with E-state index in [1.54, 1.807) is 0 Å². The third-order valence-electron chi connectivity index (χ3n) is 2.34. The van der Waals surface area contributed by atoms with Crippen LogP contribution in [0.2, 0.25) is 5.02 Å². The smallest absolute Gasteiger partial charge is 0.335 e. The third kappa shape index (κ3) is 3.67. The minimum atomic E-state index is -1.20. The van der Waals surface area contributed by atoms with Crippen molar-refractivity contribution in [3.63, 3.8) is 0 Å². The zero-order valence-corrected chi connectivity index (χ0v) is 9.76. The number of aliphatic hydroxyl groups is 2. The Morgan fingerprint density at radius 2 is 2.00 bits per heavy atom. The minimum Gasteiger partial charge on any atom is -0.478 e. The molecular formula is C11H14ClNO4. The van der Waals surface area contributed by atoms with E-state index in [2.05, 4.69) is 0 Å². The number of carboxylic acids is 1. The fraction of sp³-hybridized carbons (Fsp3) is 0.364. The van der Waals surface area contributed by atoms with Gasteiger partial charge in [-0.15, -0.1) is 0 Å². The molecule has 6 heteroatoms. The van der Waals surface area contributed by atoms with Gasteiger partial charge in [-0.3, -0.25) is 0 Å². The molecule has 0 aliphatic carbocycles. The molecule has 0 saturated heterocycles. The van der Waals surface area contributed by atoms with Gasteiger partial charge >= 0.3 is 5.97 Å². The highest BCUT2D eigenvalue weighted by Crippen LogP contribution is 2.24. The van der Waals surface area contributed by atoms with Gasteiger partial charge in [0.1, 0.15) is 6.10 Å². The number of halogens is 1. The summed E-state index contributed by atoms with van der Waals surface area (Å²) in [6, 6.07) is 3.96. The molecule has 0 saturated carbocycles. The van der Waals surface area contributed by atoms with E-state index in [9.17, 15) is 15.0 Å². The lowest BCUT2D eigenvalue weighted by Gasteiger charge is -2.18. The molecule has 0 heterocycles.